The molecule has 118 valence electrons. The molecule has 1 aliphatic rings. The number of pyridine rings is 1. The molecule has 1 aromatic rings. The van der Waals surface area contributed by atoms with Crippen LogP contribution in [0.15, 0.2) is 12.3 Å². The normalized spacial score (nSPS) is 18.4. The van der Waals surface area contributed by atoms with Gasteiger partial charge in [0.15, 0.2) is 0 Å². The Labute approximate surface area is 132 Å². The van der Waals surface area contributed by atoms with Crippen LogP contribution < -0.4 is 10.2 Å². The number of nitrogens with zero attached hydrogens (tertiary/aromatic N) is 2. The smallest absolute Gasteiger partial charge is 0.128 e. The van der Waals surface area contributed by atoms with Crippen molar-refractivity contribution in [2.75, 3.05) is 24.6 Å². The van der Waals surface area contributed by atoms with Crippen molar-refractivity contribution in [2.24, 2.45) is 0 Å². The highest BCUT2D eigenvalue weighted by atomic mass is 35.5. The molecule has 1 aromatic heterocycles. The number of rotatable bonds is 7. The Kier molecular flexibility index (Phi) is 6.27. The van der Waals surface area contributed by atoms with Gasteiger partial charge in [-0.05, 0) is 31.4 Å². The first-order valence-electron chi connectivity index (χ1n) is 7.84. The molecular formula is C16H26ClN3O. The van der Waals surface area contributed by atoms with Crippen molar-refractivity contribution in [1.82, 2.24) is 10.3 Å². The molecule has 1 saturated heterocycles. The van der Waals surface area contributed by atoms with Crippen LogP contribution in [0.1, 0.15) is 39.2 Å². The fourth-order valence-electron chi connectivity index (χ4n) is 2.51. The van der Waals surface area contributed by atoms with Gasteiger partial charge in [-0.2, -0.15) is 0 Å². The Morgan fingerprint density at radius 3 is 2.95 bits per heavy atom. The van der Waals surface area contributed by atoms with E-state index in [9.17, 15) is 0 Å². The third-order valence-electron chi connectivity index (χ3n) is 3.77. The summed E-state index contributed by atoms with van der Waals surface area (Å²) in [5, 5.41) is 4.13. The van der Waals surface area contributed by atoms with Crippen molar-refractivity contribution < 1.29 is 4.74 Å². The van der Waals surface area contributed by atoms with Crippen molar-refractivity contribution in [3.8, 4) is 0 Å². The van der Waals surface area contributed by atoms with E-state index in [0.29, 0.717) is 12.1 Å². The van der Waals surface area contributed by atoms with Crippen LogP contribution >= 0.6 is 11.6 Å². The van der Waals surface area contributed by atoms with Gasteiger partial charge in [0.1, 0.15) is 5.82 Å². The van der Waals surface area contributed by atoms with E-state index < -0.39 is 0 Å². The van der Waals surface area contributed by atoms with Crippen LogP contribution in [-0.2, 0) is 11.3 Å². The Bertz CT molecular complexity index is 447. The van der Waals surface area contributed by atoms with Crippen LogP contribution in [0.4, 0.5) is 5.82 Å². The van der Waals surface area contributed by atoms with E-state index in [0.717, 1.165) is 49.1 Å². The zero-order chi connectivity index (χ0) is 15.2. The number of hydrogen-bond acceptors (Lipinski definition) is 4. The standard InChI is InChI=1S/C16H26ClN3O/c1-4-20(11-14-6-5-7-21-14)16-8-13(9-18-12(2)3)15(17)10-19-16/h8,10,12,14,18H,4-7,9,11H2,1-3H3. The summed E-state index contributed by atoms with van der Waals surface area (Å²) in [7, 11) is 0. The molecule has 0 aromatic carbocycles. The van der Waals surface area contributed by atoms with Crippen molar-refractivity contribution in [3.05, 3.63) is 22.8 Å². The predicted molar refractivity (Wildman–Crippen MR) is 88.1 cm³/mol. The summed E-state index contributed by atoms with van der Waals surface area (Å²) in [5.41, 5.74) is 1.10. The Balaban J connectivity index is 2.07. The average molecular weight is 312 g/mol. The highest BCUT2D eigenvalue weighted by molar-refractivity contribution is 6.31. The molecule has 21 heavy (non-hydrogen) atoms. The summed E-state index contributed by atoms with van der Waals surface area (Å²) in [4.78, 5) is 6.76. The first kappa shape index (κ1) is 16.5. The SMILES string of the molecule is CCN(CC1CCCO1)c1cc(CNC(C)C)c(Cl)cn1. The monoisotopic (exact) mass is 311 g/mol. The maximum absolute atomic E-state index is 6.25. The molecule has 0 saturated carbocycles. The van der Waals surface area contributed by atoms with Crippen molar-refractivity contribution in [3.63, 3.8) is 0 Å². The second kappa shape index (κ2) is 7.97. The number of anilines is 1. The van der Waals surface area contributed by atoms with Crippen molar-refractivity contribution in [2.45, 2.75) is 52.3 Å². The first-order valence-corrected chi connectivity index (χ1v) is 8.22. The molecule has 4 nitrogen and oxygen atoms in total. The van der Waals surface area contributed by atoms with E-state index in [1.54, 1.807) is 6.20 Å². The van der Waals surface area contributed by atoms with E-state index >= 15 is 0 Å². The van der Waals surface area contributed by atoms with Crippen LogP contribution in [0.25, 0.3) is 0 Å². The fourth-order valence-corrected chi connectivity index (χ4v) is 2.68. The Morgan fingerprint density at radius 2 is 2.33 bits per heavy atom. The molecular weight excluding hydrogens is 286 g/mol. The minimum Gasteiger partial charge on any atom is -0.376 e. The molecule has 0 aliphatic carbocycles. The number of aromatic nitrogens is 1. The summed E-state index contributed by atoms with van der Waals surface area (Å²) in [6.45, 7) is 9.89. The molecule has 0 radical (unpaired) electrons. The molecule has 5 heteroatoms. The Hall–Kier alpha value is -0.840. The van der Waals surface area contributed by atoms with Gasteiger partial charge >= 0.3 is 0 Å². The first-order chi connectivity index (χ1) is 10.1. The second-order valence-electron chi connectivity index (χ2n) is 5.84. The molecule has 0 amide bonds. The minimum atomic E-state index is 0.333. The van der Waals surface area contributed by atoms with Gasteiger partial charge in [-0.1, -0.05) is 25.4 Å². The number of hydrogen-bond donors (Lipinski definition) is 1. The molecule has 2 rings (SSSR count). The molecule has 2 heterocycles. The maximum Gasteiger partial charge on any atom is 0.128 e. The van der Waals surface area contributed by atoms with Gasteiger partial charge in [-0.15, -0.1) is 0 Å². The topological polar surface area (TPSA) is 37.4 Å². The largest absolute Gasteiger partial charge is 0.376 e. The lowest BCUT2D eigenvalue weighted by Gasteiger charge is -2.25. The minimum absolute atomic E-state index is 0.333. The summed E-state index contributed by atoms with van der Waals surface area (Å²) in [6.07, 6.45) is 4.40. The molecule has 1 atom stereocenters. The fraction of sp³-hybridized carbons (Fsp3) is 0.688. The van der Waals surface area contributed by atoms with Gasteiger partial charge in [-0.25, -0.2) is 4.98 Å². The lowest BCUT2D eigenvalue weighted by atomic mass is 10.2. The lowest BCUT2D eigenvalue weighted by molar-refractivity contribution is 0.115. The summed E-state index contributed by atoms with van der Waals surface area (Å²) < 4.78 is 5.73. The molecule has 0 bridgehead atoms. The van der Waals surface area contributed by atoms with Crippen LogP contribution in [0, 0.1) is 0 Å². The summed E-state index contributed by atoms with van der Waals surface area (Å²) >= 11 is 6.25. The van der Waals surface area contributed by atoms with Gasteiger partial charge in [0.2, 0.25) is 0 Å². The van der Waals surface area contributed by atoms with E-state index in [4.69, 9.17) is 16.3 Å². The molecule has 1 fully saturated rings. The maximum atomic E-state index is 6.25. The average Bonchev–Trinajstić information content (AvgIpc) is 2.97. The van der Waals surface area contributed by atoms with Crippen LogP contribution in [0.2, 0.25) is 5.02 Å². The highest BCUT2D eigenvalue weighted by Gasteiger charge is 2.19. The van der Waals surface area contributed by atoms with Crippen molar-refractivity contribution >= 4 is 17.4 Å². The van der Waals surface area contributed by atoms with E-state index in [-0.39, 0.29) is 0 Å². The summed E-state index contributed by atoms with van der Waals surface area (Å²) in [6, 6.07) is 2.53. The van der Waals surface area contributed by atoms with Crippen LogP contribution in [0.3, 0.4) is 0 Å². The van der Waals surface area contributed by atoms with Crippen LogP contribution in [-0.4, -0.2) is 36.8 Å². The second-order valence-corrected chi connectivity index (χ2v) is 6.25. The van der Waals surface area contributed by atoms with Crippen LogP contribution in [0.5, 0.6) is 0 Å². The zero-order valence-electron chi connectivity index (χ0n) is 13.2. The van der Waals surface area contributed by atoms with E-state index in [1.165, 1.54) is 6.42 Å². The number of ether oxygens (including phenoxy) is 1. The van der Waals surface area contributed by atoms with Gasteiger partial charge in [0.25, 0.3) is 0 Å². The zero-order valence-corrected chi connectivity index (χ0v) is 14.0. The predicted octanol–water partition coefficient (Wildman–Crippen LogP) is 3.24. The third-order valence-corrected chi connectivity index (χ3v) is 4.12. The number of halogens is 1. The molecule has 1 aliphatic heterocycles. The number of nitrogens with one attached hydrogen (secondary N) is 1. The quantitative estimate of drug-likeness (QED) is 0.839. The summed E-state index contributed by atoms with van der Waals surface area (Å²) in [5.74, 6) is 0.984. The molecule has 1 N–H and O–H groups in total. The van der Waals surface area contributed by atoms with Gasteiger partial charge in [-0.3, -0.25) is 0 Å². The van der Waals surface area contributed by atoms with Crippen molar-refractivity contribution in [1.29, 1.82) is 0 Å². The molecule has 1 unspecified atom stereocenters. The molecule has 0 spiro atoms. The number of likely N-dealkylation sites (N-methyl/N-ethyl adjacent to an activating group) is 1. The van der Waals surface area contributed by atoms with Gasteiger partial charge in [0.05, 0.1) is 11.1 Å². The third kappa shape index (κ3) is 4.83. The Morgan fingerprint density at radius 1 is 1.52 bits per heavy atom. The van der Waals surface area contributed by atoms with E-state index in [2.05, 4.69) is 42.0 Å². The highest BCUT2D eigenvalue weighted by Crippen LogP contribution is 2.22. The lowest BCUT2D eigenvalue weighted by Crippen LogP contribution is -2.32. The van der Waals surface area contributed by atoms with Gasteiger partial charge < -0.3 is 15.0 Å². The van der Waals surface area contributed by atoms with Gasteiger partial charge in [0, 0.05) is 38.5 Å². The van der Waals surface area contributed by atoms with E-state index in [1.807, 2.05) is 0 Å².